The van der Waals surface area contributed by atoms with Crippen molar-refractivity contribution in [1.29, 1.82) is 0 Å². The minimum Gasteiger partial charge on any atom is -0.506 e. The molecular weight excluding hydrogens is 178 g/mol. The van der Waals surface area contributed by atoms with E-state index in [1.807, 2.05) is 0 Å². The lowest BCUT2D eigenvalue weighted by Gasteiger charge is -2.06. The Labute approximate surface area is 64.5 Å². The zero-order valence-corrected chi connectivity index (χ0v) is 5.56. The Morgan fingerprint density at radius 2 is 1.92 bits per heavy atom. The molecule has 0 saturated carbocycles. The third kappa shape index (κ3) is 1.63. The van der Waals surface area contributed by atoms with Crippen LogP contribution in [0.2, 0.25) is 0 Å². The molecule has 1 aromatic rings. The molecule has 0 amide bonds. The lowest BCUT2D eigenvalue weighted by atomic mass is 10.2. The van der Waals surface area contributed by atoms with Gasteiger partial charge in [0, 0.05) is 0 Å². The fraction of sp³-hybridized carbons (Fsp3) is 0.167. The molecule has 1 N–H and O–H groups in total. The van der Waals surface area contributed by atoms with Crippen molar-refractivity contribution < 1.29 is 22.7 Å². The van der Waals surface area contributed by atoms with Crippen molar-refractivity contribution in [3.8, 4) is 5.75 Å². The number of nitrogens with zero attached hydrogens (tertiary/aromatic N) is 1. The van der Waals surface area contributed by atoms with Gasteiger partial charge < -0.3 is 5.11 Å². The summed E-state index contributed by atoms with van der Waals surface area (Å²) in [6.07, 6.45) is -4.22. The lowest BCUT2D eigenvalue weighted by Crippen LogP contribution is -2.08. The SMILES string of the molecule is Oc1cnc(F)c(C(F)(F)F)c1. The Bertz CT molecular complexity index is 296. The van der Waals surface area contributed by atoms with E-state index in [-0.39, 0.29) is 6.07 Å². The summed E-state index contributed by atoms with van der Waals surface area (Å²) < 4.78 is 47.8. The van der Waals surface area contributed by atoms with Crippen LogP contribution >= 0.6 is 0 Å². The topological polar surface area (TPSA) is 33.1 Å². The zero-order valence-electron chi connectivity index (χ0n) is 5.56. The summed E-state index contributed by atoms with van der Waals surface area (Å²) in [5.74, 6) is -2.36. The van der Waals surface area contributed by atoms with Gasteiger partial charge in [-0.2, -0.15) is 17.6 Å². The minimum absolute atomic E-state index is 0.280. The summed E-state index contributed by atoms with van der Waals surface area (Å²) >= 11 is 0. The van der Waals surface area contributed by atoms with Gasteiger partial charge in [-0.15, -0.1) is 0 Å². The first-order valence-corrected chi connectivity index (χ1v) is 2.83. The first-order chi connectivity index (χ1) is 5.41. The molecule has 0 aromatic carbocycles. The van der Waals surface area contributed by atoms with Gasteiger partial charge in [0.1, 0.15) is 11.3 Å². The smallest absolute Gasteiger partial charge is 0.420 e. The van der Waals surface area contributed by atoms with Gasteiger partial charge in [0.05, 0.1) is 6.20 Å². The Morgan fingerprint density at radius 3 is 2.33 bits per heavy atom. The maximum atomic E-state index is 12.3. The van der Waals surface area contributed by atoms with Crippen LogP contribution in [-0.4, -0.2) is 10.1 Å². The summed E-state index contributed by atoms with van der Waals surface area (Å²) in [7, 11) is 0. The lowest BCUT2D eigenvalue weighted by molar-refractivity contribution is -0.140. The Balaban J connectivity index is 3.23. The average molecular weight is 181 g/mol. The molecule has 0 bridgehead atoms. The number of halogens is 4. The summed E-state index contributed by atoms with van der Waals surface area (Å²) in [6, 6.07) is 0.280. The first kappa shape index (κ1) is 8.76. The van der Waals surface area contributed by atoms with Gasteiger partial charge in [0.25, 0.3) is 0 Å². The molecule has 0 radical (unpaired) electrons. The van der Waals surface area contributed by atoms with Gasteiger partial charge in [0.15, 0.2) is 0 Å². The van der Waals surface area contributed by atoms with E-state index in [1.165, 1.54) is 0 Å². The number of rotatable bonds is 0. The summed E-state index contributed by atoms with van der Waals surface area (Å²) in [5, 5.41) is 8.57. The third-order valence-electron chi connectivity index (χ3n) is 1.13. The van der Waals surface area contributed by atoms with Crippen molar-refractivity contribution in [3.63, 3.8) is 0 Å². The van der Waals surface area contributed by atoms with Gasteiger partial charge in [-0.05, 0) is 6.07 Å². The zero-order chi connectivity index (χ0) is 9.35. The number of hydrogen-bond acceptors (Lipinski definition) is 2. The van der Waals surface area contributed by atoms with Gasteiger partial charge >= 0.3 is 6.18 Å². The van der Waals surface area contributed by atoms with Gasteiger partial charge in [0.2, 0.25) is 5.95 Å². The normalized spacial score (nSPS) is 11.7. The molecule has 2 nitrogen and oxygen atoms in total. The molecule has 0 saturated heterocycles. The molecule has 0 fully saturated rings. The highest BCUT2D eigenvalue weighted by atomic mass is 19.4. The van der Waals surface area contributed by atoms with Crippen molar-refractivity contribution >= 4 is 0 Å². The van der Waals surface area contributed by atoms with Gasteiger partial charge in [-0.1, -0.05) is 0 Å². The summed E-state index contributed by atoms with van der Waals surface area (Å²) in [5.41, 5.74) is -1.57. The molecule has 0 spiro atoms. The van der Waals surface area contributed by atoms with E-state index >= 15 is 0 Å². The molecule has 66 valence electrons. The number of alkyl halides is 3. The number of aromatic nitrogens is 1. The maximum absolute atomic E-state index is 12.3. The molecule has 6 heteroatoms. The van der Waals surface area contributed by atoms with Gasteiger partial charge in [-0.25, -0.2) is 4.98 Å². The van der Waals surface area contributed by atoms with Crippen LogP contribution in [0.5, 0.6) is 5.75 Å². The summed E-state index contributed by atoms with van der Waals surface area (Å²) in [4.78, 5) is 2.71. The molecule has 0 unspecified atom stereocenters. The van der Waals surface area contributed by atoms with E-state index in [2.05, 4.69) is 4.98 Å². The monoisotopic (exact) mass is 181 g/mol. The van der Waals surface area contributed by atoms with Crippen LogP contribution in [-0.2, 0) is 6.18 Å². The van der Waals surface area contributed by atoms with Crippen molar-refractivity contribution in [2.24, 2.45) is 0 Å². The largest absolute Gasteiger partial charge is 0.506 e. The Hall–Kier alpha value is -1.33. The quantitative estimate of drug-likeness (QED) is 0.490. The maximum Gasteiger partial charge on any atom is 0.420 e. The van der Waals surface area contributed by atoms with E-state index in [9.17, 15) is 17.6 Å². The van der Waals surface area contributed by atoms with Crippen LogP contribution < -0.4 is 0 Å². The second-order valence-corrected chi connectivity index (χ2v) is 2.03. The summed E-state index contributed by atoms with van der Waals surface area (Å²) in [6.45, 7) is 0. The molecule has 0 aliphatic heterocycles. The van der Waals surface area contributed by atoms with E-state index in [1.54, 1.807) is 0 Å². The highest BCUT2D eigenvalue weighted by Crippen LogP contribution is 2.32. The van der Waals surface area contributed by atoms with E-state index in [0.717, 1.165) is 0 Å². The predicted octanol–water partition coefficient (Wildman–Crippen LogP) is 1.95. The van der Waals surface area contributed by atoms with E-state index in [4.69, 9.17) is 5.11 Å². The fourth-order valence-corrected chi connectivity index (χ4v) is 0.636. The minimum atomic E-state index is -4.82. The number of pyridine rings is 1. The molecule has 0 aliphatic rings. The van der Waals surface area contributed by atoms with Crippen LogP contribution in [0.3, 0.4) is 0 Å². The number of aromatic hydroxyl groups is 1. The van der Waals surface area contributed by atoms with Crippen molar-refractivity contribution in [2.75, 3.05) is 0 Å². The Morgan fingerprint density at radius 1 is 1.33 bits per heavy atom. The highest BCUT2D eigenvalue weighted by molar-refractivity contribution is 5.25. The molecule has 12 heavy (non-hydrogen) atoms. The van der Waals surface area contributed by atoms with E-state index in [0.29, 0.717) is 6.20 Å². The second-order valence-electron chi connectivity index (χ2n) is 2.03. The standard InChI is InChI=1S/C6H3F4NO/c7-5-4(6(8,9)10)1-3(12)2-11-5/h1-2,12H. The average Bonchev–Trinajstić information content (AvgIpc) is 1.92. The number of hydrogen-bond donors (Lipinski definition) is 1. The van der Waals surface area contributed by atoms with Crippen LogP contribution in [0.1, 0.15) is 5.56 Å². The molecule has 1 heterocycles. The fourth-order valence-electron chi connectivity index (χ4n) is 0.636. The third-order valence-corrected chi connectivity index (χ3v) is 1.13. The second kappa shape index (κ2) is 2.62. The van der Waals surface area contributed by atoms with E-state index < -0.39 is 23.4 Å². The van der Waals surface area contributed by atoms with Crippen LogP contribution in [0.25, 0.3) is 0 Å². The predicted molar refractivity (Wildman–Crippen MR) is 30.9 cm³/mol. The van der Waals surface area contributed by atoms with Crippen LogP contribution in [0.15, 0.2) is 12.3 Å². The molecular formula is C6H3F4NO. The Kier molecular flexibility index (Phi) is 1.91. The van der Waals surface area contributed by atoms with Crippen LogP contribution in [0, 0.1) is 5.95 Å². The van der Waals surface area contributed by atoms with Crippen molar-refractivity contribution in [2.45, 2.75) is 6.18 Å². The van der Waals surface area contributed by atoms with Crippen LogP contribution in [0.4, 0.5) is 17.6 Å². The molecule has 0 aliphatic carbocycles. The molecule has 1 aromatic heterocycles. The highest BCUT2D eigenvalue weighted by Gasteiger charge is 2.35. The van der Waals surface area contributed by atoms with Crippen molar-refractivity contribution in [3.05, 3.63) is 23.8 Å². The van der Waals surface area contributed by atoms with Crippen molar-refractivity contribution in [1.82, 2.24) is 4.98 Å². The molecule has 0 atom stereocenters. The van der Waals surface area contributed by atoms with Gasteiger partial charge in [-0.3, -0.25) is 0 Å². The molecule has 1 rings (SSSR count). The first-order valence-electron chi connectivity index (χ1n) is 2.83.